The van der Waals surface area contributed by atoms with Crippen LogP contribution in [-0.4, -0.2) is 59.5 Å². The van der Waals surface area contributed by atoms with Gasteiger partial charge in [-0.05, 0) is 38.3 Å². The van der Waals surface area contributed by atoms with Gasteiger partial charge in [0.2, 0.25) is 5.91 Å². The van der Waals surface area contributed by atoms with Crippen LogP contribution in [0.4, 0.5) is 5.82 Å². The van der Waals surface area contributed by atoms with Crippen molar-refractivity contribution < 1.29 is 14.3 Å². The quantitative estimate of drug-likeness (QED) is 0.681. The number of amides is 1. The van der Waals surface area contributed by atoms with Gasteiger partial charge in [-0.2, -0.15) is 0 Å². The number of hydrogen-bond acceptors (Lipinski definition) is 6. The largest absolute Gasteiger partial charge is 0.461 e. The Kier molecular flexibility index (Phi) is 5.79. The topological polar surface area (TPSA) is 75.6 Å². The maximum absolute atomic E-state index is 12.6. The number of halogens is 2. The van der Waals surface area contributed by atoms with E-state index in [2.05, 4.69) is 9.97 Å². The van der Waals surface area contributed by atoms with Crippen LogP contribution in [-0.2, 0) is 9.53 Å². The monoisotopic (exact) mass is 436 g/mol. The minimum atomic E-state index is -0.530. The van der Waals surface area contributed by atoms with E-state index in [-0.39, 0.29) is 24.1 Å². The maximum atomic E-state index is 12.6. The summed E-state index contributed by atoms with van der Waals surface area (Å²) in [7, 11) is 0. The average molecular weight is 437 g/mol. The van der Waals surface area contributed by atoms with Gasteiger partial charge in [-0.15, -0.1) is 0 Å². The van der Waals surface area contributed by atoms with E-state index in [1.165, 1.54) is 0 Å². The fourth-order valence-corrected chi connectivity index (χ4v) is 3.85. The number of rotatable bonds is 4. The van der Waals surface area contributed by atoms with Crippen LogP contribution in [0.15, 0.2) is 12.1 Å². The van der Waals surface area contributed by atoms with Crippen molar-refractivity contribution in [3.05, 3.63) is 27.9 Å². The van der Waals surface area contributed by atoms with Crippen LogP contribution in [0.3, 0.4) is 0 Å². The van der Waals surface area contributed by atoms with Gasteiger partial charge >= 0.3 is 5.97 Å². The van der Waals surface area contributed by atoms with Gasteiger partial charge in [-0.25, -0.2) is 14.8 Å². The van der Waals surface area contributed by atoms with Crippen molar-refractivity contribution in [2.75, 3.05) is 37.7 Å². The number of hydrogen-bond donors (Lipinski definition) is 0. The van der Waals surface area contributed by atoms with E-state index in [0.717, 1.165) is 19.3 Å². The number of esters is 1. The third kappa shape index (κ3) is 4.26. The van der Waals surface area contributed by atoms with Gasteiger partial charge in [-0.3, -0.25) is 4.79 Å². The second-order valence-electron chi connectivity index (χ2n) is 7.31. The Morgan fingerprint density at radius 2 is 1.76 bits per heavy atom. The lowest BCUT2D eigenvalue weighted by Crippen LogP contribution is -2.36. The Labute approximate surface area is 178 Å². The molecule has 2 heterocycles. The van der Waals surface area contributed by atoms with Crippen LogP contribution in [0.2, 0.25) is 10.0 Å². The molecule has 0 radical (unpaired) electrons. The van der Waals surface area contributed by atoms with E-state index in [4.69, 9.17) is 27.9 Å². The summed E-state index contributed by atoms with van der Waals surface area (Å²) >= 11 is 12.2. The van der Waals surface area contributed by atoms with Crippen molar-refractivity contribution in [1.82, 2.24) is 14.9 Å². The number of nitrogens with zero attached hydrogens (tertiary/aromatic N) is 4. The Morgan fingerprint density at radius 3 is 2.41 bits per heavy atom. The zero-order valence-corrected chi connectivity index (χ0v) is 17.7. The van der Waals surface area contributed by atoms with E-state index < -0.39 is 5.97 Å². The lowest BCUT2D eigenvalue weighted by molar-refractivity contribution is -0.132. The SMILES string of the molecule is CCOC(=O)c1nc2cc(Cl)c(Cl)cc2nc1N1CCCN(C(=O)C2CC2)CC1. The molecule has 2 aliphatic rings. The minimum Gasteiger partial charge on any atom is -0.461 e. The van der Waals surface area contributed by atoms with Crippen LogP contribution in [0, 0.1) is 5.92 Å². The fraction of sp³-hybridized carbons (Fsp3) is 0.500. The van der Waals surface area contributed by atoms with E-state index in [9.17, 15) is 9.59 Å². The van der Waals surface area contributed by atoms with Gasteiger partial charge < -0.3 is 14.5 Å². The standard InChI is InChI=1S/C20H22Cl2N4O3/c1-2-29-20(28)17-18(24-16-11-14(22)13(21)10-15(16)23-17)25-6-3-7-26(9-8-25)19(27)12-4-5-12/h10-12H,2-9H2,1H3. The normalized spacial score (nSPS) is 17.3. The molecule has 1 aliphatic heterocycles. The fourth-order valence-electron chi connectivity index (χ4n) is 3.54. The molecule has 0 spiro atoms. The second-order valence-corrected chi connectivity index (χ2v) is 8.13. The first-order valence-corrected chi connectivity index (χ1v) is 10.6. The van der Waals surface area contributed by atoms with Crippen LogP contribution in [0.5, 0.6) is 0 Å². The van der Waals surface area contributed by atoms with Crippen molar-refractivity contribution in [3.8, 4) is 0 Å². The molecule has 1 saturated carbocycles. The van der Waals surface area contributed by atoms with Crippen molar-refractivity contribution in [2.24, 2.45) is 5.92 Å². The molecule has 0 unspecified atom stereocenters. The second kappa shape index (κ2) is 8.32. The average Bonchev–Trinajstić information content (AvgIpc) is 3.55. The zero-order chi connectivity index (χ0) is 20.5. The Hall–Kier alpha value is -2.12. The predicted molar refractivity (Wildman–Crippen MR) is 112 cm³/mol. The third-order valence-corrected chi connectivity index (χ3v) is 5.91. The molecular weight excluding hydrogens is 415 g/mol. The van der Waals surface area contributed by atoms with Crippen molar-refractivity contribution in [1.29, 1.82) is 0 Å². The van der Waals surface area contributed by atoms with Crippen LogP contribution in [0.1, 0.15) is 36.7 Å². The van der Waals surface area contributed by atoms with Crippen molar-refractivity contribution in [3.63, 3.8) is 0 Å². The zero-order valence-electron chi connectivity index (χ0n) is 16.2. The first kappa shape index (κ1) is 20.2. The first-order valence-electron chi connectivity index (χ1n) is 9.85. The lowest BCUT2D eigenvalue weighted by Gasteiger charge is -2.24. The van der Waals surface area contributed by atoms with Gasteiger partial charge in [0.15, 0.2) is 11.5 Å². The summed E-state index contributed by atoms with van der Waals surface area (Å²) in [6, 6.07) is 3.24. The number of carbonyl (C=O) groups is 2. The highest BCUT2D eigenvalue weighted by Crippen LogP contribution is 2.32. The highest BCUT2D eigenvalue weighted by atomic mass is 35.5. The number of anilines is 1. The molecule has 1 aliphatic carbocycles. The van der Waals surface area contributed by atoms with Gasteiger partial charge in [-0.1, -0.05) is 23.2 Å². The summed E-state index contributed by atoms with van der Waals surface area (Å²) in [5, 5.41) is 0.723. The maximum Gasteiger partial charge on any atom is 0.360 e. The number of aromatic nitrogens is 2. The summed E-state index contributed by atoms with van der Waals surface area (Å²) in [5.41, 5.74) is 1.18. The molecule has 2 aromatic rings. The number of benzene rings is 1. The van der Waals surface area contributed by atoms with Crippen LogP contribution in [0.25, 0.3) is 11.0 Å². The van der Waals surface area contributed by atoms with Gasteiger partial charge in [0.1, 0.15) is 0 Å². The first-order chi connectivity index (χ1) is 14.0. The van der Waals surface area contributed by atoms with Crippen molar-refractivity contribution >= 4 is 51.9 Å². The molecule has 154 valence electrons. The number of ether oxygens (including phenoxy) is 1. The molecule has 1 aromatic heterocycles. The van der Waals surface area contributed by atoms with Crippen molar-refractivity contribution in [2.45, 2.75) is 26.2 Å². The Morgan fingerprint density at radius 1 is 1.07 bits per heavy atom. The van der Waals surface area contributed by atoms with E-state index in [0.29, 0.717) is 53.1 Å². The van der Waals surface area contributed by atoms with Gasteiger partial charge in [0, 0.05) is 32.1 Å². The number of carbonyl (C=O) groups excluding carboxylic acids is 2. The molecule has 0 bridgehead atoms. The summed E-state index contributed by atoms with van der Waals surface area (Å²) in [6.45, 7) is 4.54. The number of fused-ring (bicyclic) bond motifs is 1. The van der Waals surface area contributed by atoms with Gasteiger partial charge in [0.25, 0.3) is 0 Å². The molecule has 4 rings (SSSR count). The summed E-state index contributed by atoms with van der Waals surface area (Å²) in [5.74, 6) is 0.362. The van der Waals surface area contributed by atoms with Crippen LogP contribution >= 0.6 is 23.2 Å². The Balaban J connectivity index is 1.68. The van der Waals surface area contributed by atoms with E-state index in [1.807, 2.05) is 9.80 Å². The predicted octanol–water partition coefficient (Wildman–Crippen LogP) is 3.56. The molecule has 1 aromatic carbocycles. The highest BCUT2D eigenvalue weighted by Gasteiger charge is 2.34. The van der Waals surface area contributed by atoms with Gasteiger partial charge in [0.05, 0.1) is 27.7 Å². The minimum absolute atomic E-state index is 0.153. The smallest absolute Gasteiger partial charge is 0.360 e. The molecule has 2 fully saturated rings. The molecule has 9 heteroatoms. The lowest BCUT2D eigenvalue weighted by atomic mass is 10.2. The molecule has 1 saturated heterocycles. The van der Waals surface area contributed by atoms with Crippen LogP contribution < -0.4 is 4.90 Å². The van der Waals surface area contributed by atoms with E-state index >= 15 is 0 Å². The molecule has 7 nitrogen and oxygen atoms in total. The molecule has 1 amide bonds. The Bertz CT molecular complexity index is 964. The molecular formula is C20H22Cl2N4O3. The third-order valence-electron chi connectivity index (χ3n) is 5.19. The highest BCUT2D eigenvalue weighted by molar-refractivity contribution is 6.42. The summed E-state index contributed by atoms with van der Waals surface area (Å²) in [4.78, 5) is 38.1. The molecule has 0 N–H and O–H groups in total. The summed E-state index contributed by atoms with van der Waals surface area (Å²) < 4.78 is 5.20. The summed E-state index contributed by atoms with van der Waals surface area (Å²) in [6.07, 6.45) is 2.78. The molecule has 29 heavy (non-hydrogen) atoms. The molecule has 0 atom stereocenters. The van der Waals surface area contributed by atoms with E-state index in [1.54, 1.807) is 19.1 Å².